The Kier molecular flexibility index (Phi) is 3.71. The molecule has 0 aliphatic carbocycles. The van der Waals surface area contributed by atoms with Crippen LogP contribution in [0.15, 0.2) is 12.5 Å². The van der Waals surface area contributed by atoms with Gasteiger partial charge in [-0.1, -0.05) is 6.92 Å². The average molecular weight is 248 g/mol. The molecule has 0 saturated carbocycles. The highest BCUT2D eigenvalue weighted by Crippen LogP contribution is 2.16. The first kappa shape index (κ1) is 12.3. The molecule has 18 heavy (non-hydrogen) atoms. The van der Waals surface area contributed by atoms with Gasteiger partial charge in [0.15, 0.2) is 5.65 Å². The highest BCUT2D eigenvalue weighted by molar-refractivity contribution is 5.88. The van der Waals surface area contributed by atoms with Crippen LogP contribution in [0, 0.1) is 0 Å². The van der Waals surface area contributed by atoms with Gasteiger partial charge in [-0.25, -0.2) is 9.97 Å². The summed E-state index contributed by atoms with van der Waals surface area (Å²) < 4.78 is 1.67. The zero-order valence-electron chi connectivity index (χ0n) is 10.5. The van der Waals surface area contributed by atoms with Gasteiger partial charge in [-0.05, 0) is 6.42 Å². The Morgan fingerprint density at radius 1 is 1.44 bits per heavy atom. The predicted octanol–water partition coefficient (Wildman–Crippen LogP) is 0.301. The summed E-state index contributed by atoms with van der Waals surface area (Å²) in [6, 6.07) is 0. The van der Waals surface area contributed by atoms with Gasteiger partial charge in [0, 0.05) is 13.6 Å². The first-order chi connectivity index (χ1) is 8.72. The number of aryl methyl sites for hydroxylation is 1. The minimum Gasteiger partial charge on any atom is -0.360 e. The van der Waals surface area contributed by atoms with Crippen molar-refractivity contribution in [3.05, 3.63) is 12.5 Å². The number of hydrogen-bond acceptors (Lipinski definition) is 5. The lowest BCUT2D eigenvalue weighted by Crippen LogP contribution is -2.30. The van der Waals surface area contributed by atoms with Crippen LogP contribution in [0.3, 0.4) is 0 Å². The van der Waals surface area contributed by atoms with Gasteiger partial charge in [-0.3, -0.25) is 9.48 Å². The molecule has 1 amide bonds. The van der Waals surface area contributed by atoms with E-state index in [1.165, 1.54) is 6.33 Å². The van der Waals surface area contributed by atoms with Crippen LogP contribution in [0.5, 0.6) is 0 Å². The van der Waals surface area contributed by atoms with E-state index >= 15 is 0 Å². The molecule has 0 saturated heterocycles. The molecule has 7 heteroatoms. The highest BCUT2D eigenvalue weighted by Gasteiger charge is 2.08. The molecule has 0 aliphatic rings. The summed E-state index contributed by atoms with van der Waals surface area (Å²) in [5, 5.41) is 10.7. The number of amides is 1. The summed E-state index contributed by atoms with van der Waals surface area (Å²) in [5.41, 5.74) is 0.737. The number of nitrogens with one attached hydrogen (secondary N) is 2. The van der Waals surface area contributed by atoms with Crippen molar-refractivity contribution in [3.8, 4) is 0 Å². The van der Waals surface area contributed by atoms with Gasteiger partial charge in [0.25, 0.3) is 0 Å². The van der Waals surface area contributed by atoms with Crippen LogP contribution in [0.4, 0.5) is 5.82 Å². The third-order valence-electron chi connectivity index (χ3n) is 2.52. The minimum absolute atomic E-state index is 0.0486. The number of carbonyl (C=O) groups is 1. The van der Waals surface area contributed by atoms with Crippen LogP contribution >= 0.6 is 0 Å². The van der Waals surface area contributed by atoms with Gasteiger partial charge < -0.3 is 10.6 Å². The van der Waals surface area contributed by atoms with E-state index in [9.17, 15) is 4.79 Å². The maximum absolute atomic E-state index is 11.5. The molecular formula is C11H16N6O. The van der Waals surface area contributed by atoms with E-state index in [4.69, 9.17) is 0 Å². The van der Waals surface area contributed by atoms with Crippen molar-refractivity contribution in [3.63, 3.8) is 0 Å². The van der Waals surface area contributed by atoms with Crippen molar-refractivity contribution >= 4 is 22.8 Å². The molecule has 2 rings (SSSR count). The molecule has 0 unspecified atom stereocenters. The number of aromatic nitrogens is 4. The fraction of sp³-hybridized carbons (Fsp3) is 0.455. The summed E-state index contributed by atoms with van der Waals surface area (Å²) in [4.78, 5) is 19.7. The smallest absolute Gasteiger partial charge is 0.239 e. The summed E-state index contributed by atoms with van der Waals surface area (Å²) >= 11 is 0. The Morgan fingerprint density at radius 2 is 2.28 bits per heavy atom. The molecular weight excluding hydrogens is 232 g/mol. The molecule has 2 aromatic heterocycles. The molecule has 2 aromatic rings. The van der Waals surface area contributed by atoms with Crippen LogP contribution in [0.25, 0.3) is 11.0 Å². The Bertz CT molecular complexity index is 549. The number of nitrogens with zero attached hydrogens (tertiary/aromatic N) is 4. The summed E-state index contributed by atoms with van der Waals surface area (Å²) in [6.45, 7) is 2.89. The van der Waals surface area contributed by atoms with Crippen LogP contribution in [0.2, 0.25) is 0 Å². The average Bonchev–Trinajstić information content (AvgIpc) is 2.76. The Morgan fingerprint density at radius 3 is 3.06 bits per heavy atom. The molecule has 0 spiro atoms. The van der Waals surface area contributed by atoms with E-state index in [0.29, 0.717) is 12.4 Å². The number of hydrogen-bond donors (Lipinski definition) is 2. The lowest BCUT2D eigenvalue weighted by Gasteiger charge is -2.06. The van der Waals surface area contributed by atoms with Crippen molar-refractivity contribution in [2.75, 3.05) is 18.4 Å². The van der Waals surface area contributed by atoms with Crippen molar-refractivity contribution in [2.45, 2.75) is 13.3 Å². The molecule has 2 heterocycles. The van der Waals surface area contributed by atoms with Crippen LogP contribution in [-0.2, 0) is 11.8 Å². The van der Waals surface area contributed by atoms with Crippen molar-refractivity contribution < 1.29 is 4.79 Å². The minimum atomic E-state index is -0.0486. The topological polar surface area (TPSA) is 84.7 Å². The van der Waals surface area contributed by atoms with E-state index in [1.54, 1.807) is 10.9 Å². The summed E-state index contributed by atoms with van der Waals surface area (Å²) in [7, 11) is 1.81. The van der Waals surface area contributed by atoms with Crippen LogP contribution in [0.1, 0.15) is 13.3 Å². The maximum atomic E-state index is 11.5. The molecule has 7 nitrogen and oxygen atoms in total. The van der Waals surface area contributed by atoms with Gasteiger partial charge >= 0.3 is 0 Å². The summed E-state index contributed by atoms with van der Waals surface area (Å²) in [5.74, 6) is 0.576. The molecule has 96 valence electrons. The van der Waals surface area contributed by atoms with E-state index in [-0.39, 0.29) is 12.5 Å². The number of rotatable bonds is 5. The van der Waals surface area contributed by atoms with Crippen LogP contribution in [-0.4, -0.2) is 38.7 Å². The van der Waals surface area contributed by atoms with Crippen LogP contribution < -0.4 is 10.6 Å². The fourth-order valence-electron chi connectivity index (χ4n) is 1.59. The first-order valence-corrected chi connectivity index (χ1v) is 5.85. The second-order valence-electron chi connectivity index (χ2n) is 3.93. The van der Waals surface area contributed by atoms with Gasteiger partial charge in [-0.2, -0.15) is 5.10 Å². The molecule has 0 atom stereocenters. The third kappa shape index (κ3) is 2.55. The molecule has 0 aromatic carbocycles. The lowest BCUT2D eigenvalue weighted by molar-refractivity contribution is -0.119. The number of carbonyl (C=O) groups excluding carboxylic acids is 1. The SMILES string of the molecule is CCCNC(=O)CNc1ncnc2c1cnn2C. The Balaban J connectivity index is 2.06. The molecule has 2 N–H and O–H groups in total. The molecule has 0 fully saturated rings. The molecule has 0 bridgehead atoms. The van der Waals surface area contributed by atoms with Crippen molar-refractivity contribution in [2.24, 2.45) is 7.05 Å². The number of anilines is 1. The van der Waals surface area contributed by atoms with Gasteiger partial charge in [0.1, 0.15) is 12.1 Å². The summed E-state index contributed by atoms with van der Waals surface area (Å²) in [6.07, 6.45) is 4.06. The quantitative estimate of drug-likeness (QED) is 0.795. The lowest BCUT2D eigenvalue weighted by atomic mass is 10.4. The van der Waals surface area contributed by atoms with E-state index < -0.39 is 0 Å². The standard InChI is InChI=1S/C11H16N6O/c1-3-4-12-9(18)6-13-10-8-5-16-17(2)11(8)15-7-14-10/h5,7H,3-4,6H2,1-2H3,(H,12,18)(H,13,14,15). The number of fused-ring (bicyclic) bond motifs is 1. The Labute approximate surface area is 105 Å². The van der Waals surface area contributed by atoms with Crippen molar-refractivity contribution in [1.29, 1.82) is 0 Å². The second-order valence-corrected chi connectivity index (χ2v) is 3.93. The van der Waals surface area contributed by atoms with E-state index in [0.717, 1.165) is 17.5 Å². The van der Waals surface area contributed by atoms with E-state index in [1.807, 2.05) is 14.0 Å². The largest absolute Gasteiger partial charge is 0.360 e. The van der Waals surface area contributed by atoms with Gasteiger partial charge in [0.05, 0.1) is 18.1 Å². The highest BCUT2D eigenvalue weighted by atomic mass is 16.1. The fourth-order valence-corrected chi connectivity index (χ4v) is 1.59. The first-order valence-electron chi connectivity index (χ1n) is 5.85. The van der Waals surface area contributed by atoms with Gasteiger partial charge in [-0.15, -0.1) is 0 Å². The monoisotopic (exact) mass is 248 g/mol. The predicted molar refractivity (Wildman–Crippen MR) is 68.1 cm³/mol. The maximum Gasteiger partial charge on any atom is 0.239 e. The normalized spacial score (nSPS) is 10.6. The second kappa shape index (κ2) is 5.44. The zero-order valence-corrected chi connectivity index (χ0v) is 10.5. The van der Waals surface area contributed by atoms with E-state index in [2.05, 4.69) is 25.7 Å². The zero-order chi connectivity index (χ0) is 13.0. The van der Waals surface area contributed by atoms with Crippen molar-refractivity contribution in [1.82, 2.24) is 25.1 Å². The Hall–Kier alpha value is -2.18. The molecule has 0 radical (unpaired) electrons. The van der Waals surface area contributed by atoms with Gasteiger partial charge in [0.2, 0.25) is 5.91 Å². The molecule has 0 aliphatic heterocycles. The third-order valence-corrected chi connectivity index (χ3v) is 2.52.